The van der Waals surface area contributed by atoms with E-state index in [9.17, 15) is 8.42 Å². The van der Waals surface area contributed by atoms with Gasteiger partial charge in [0.25, 0.3) is 0 Å². The molecule has 35 heavy (non-hydrogen) atoms. The SMILES string of the molecule is Cc1ccc(S(=O)(=O)c2ccc3c(c2)C2(c4ccccc4-c4ccccc42)c2ccccc2-3)cc1. The Morgan fingerprint density at radius 3 is 1.43 bits per heavy atom. The molecule has 3 heteroatoms. The Hall–Kier alpha value is -3.95. The highest BCUT2D eigenvalue weighted by Crippen LogP contribution is 2.62. The van der Waals surface area contributed by atoms with Gasteiger partial charge in [-0.15, -0.1) is 0 Å². The molecule has 0 saturated carbocycles. The molecule has 2 aliphatic rings. The number of rotatable bonds is 2. The number of aryl methyl sites for hydroxylation is 1. The smallest absolute Gasteiger partial charge is 0.206 e. The number of benzene rings is 5. The van der Waals surface area contributed by atoms with Gasteiger partial charge >= 0.3 is 0 Å². The second-order valence-electron chi connectivity index (χ2n) is 9.41. The number of sulfone groups is 1. The average molecular weight is 471 g/mol. The zero-order chi connectivity index (χ0) is 23.8. The third kappa shape index (κ3) is 2.56. The standard InChI is InChI=1S/C32H22O2S/c1-21-14-16-22(17-15-21)35(33,34)23-18-19-27-26-10-4-7-13-30(26)32(31(27)20-23)28-11-5-2-8-24(28)25-9-3-6-12-29(25)32/h2-20H,1H3. The summed E-state index contributed by atoms with van der Waals surface area (Å²) in [7, 11) is -3.67. The molecule has 0 fully saturated rings. The molecule has 0 unspecified atom stereocenters. The first-order chi connectivity index (χ1) is 17.0. The molecule has 0 bridgehead atoms. The van der Waals surface area contributed by atoms with Crippen LogP contribution in [0.15, 0.2) is 125 Å². The van der Waals surface area contributed by atoms with Crippen molar-refractivity contribution >= 4 is 9.84 Å². The summed E-state index contributed by atoms with van der Waals surface area (Å²) in [6, 6.07) is 38.3. The minimum Gasteiger partial charge on any atom is -0.219 e. The summed E-state index contributed by atoms with van der Waals surface area (Å²) in [4.78, 5) is 0.647. The van der Waals surface area contributed by atoms with Crippen LogP contribution in [0.1, 0.15) is 27.8 Å². The average Bonchev–Trinajstić information content (AvgIpc) is 3.36. The summed E-state index contributed by atoms with van der Waals surface area (Å²) in [6.07, 6.45) is 0. The van der Waals surface area contributed by atoms with Crippen LogP contribution in [0.2, 0.25) is 0 Å². The lowest BCUT2D eigenvalue weighted by Gasteiger charge is -2.30. The van der Waals surface area contributed by atoms with Gasteiger partial charge in [-0.3, -0.25) is 0 Å². The number of fused-ring (bicyclic) bond motifs is 10. The maximum absolute atomic E-state index is 13.7. The van der Waals surface area contributed by atoms with Crippen LogP contribution in [0.25, 0.3) is 22.3 Å². The largest absolute Gasteiger partial charge is 0.219 e. The lowest BCUT2D eigenvalue weighted by atomic mass is 9.70. The maximum Gasteiger partial charge on any atom is 0.206 e. The van der Waals surface area contributed by atoms with Crippen molar-refractivity contribution < 1.29 is 8.42 Å². The van der Waals surface area contributed by atoms with Crippen LogP contribution in [0, 0.1) is 6.92 Å². The molecule has 0 aromatic heterocycles. The van der Waals surface area contributed by atoms with Crippen molar-refractivity contribution in [3.05, 3.63) is 143 Å². The van der Waals surface area contributed by atoms with E-state index >= 15 is 0 Å². The lowest BCUT2D eigenvalue weighted by molar-refractivity contribution is 0.596. The van der Waals surface area contributed by atoms with Crippen molar-refractivity contribution in [1.29, 1.82) is 0 Å². The van der Waals surface area contributed by atoms with Crippen molar-refractivity contribution in [2.24, 2.45) is 0 Å². The predicted octanol–water partition coefficient (Wildman–Crippen LogP) is 7.17. The first kappa shape index (κ1) is 20.4. The van der Waals surface area contributed by atoms with E-state index in [1.807, 2.05) is 31.2 Å². The molecule has 0 heterocycles. The Kier molecular flexibility index (Phi) is 4.10. The zero-order valence-corrected chi connectivity index (χ0v) is 20.0. The van der Waals surface area contributed by atoms with E-state index in [2.05, 4.69) is 72.8 Å². The van der Waals surface area contributed by atoms with Gasteiger partial charge in [-0.05, 0) is 75.7 Å². The molecule has 2 aliphatic carbocycles. The highest BCUT2D eigenvalue weighted by molar-refractivity contribution is 7.91. The van der Waals surface area contributed by atoms with E-state index in [0.717, 1.165) is 22.3 Å². The van der Waals surface area contributed by atoms with Crippen LogP contribution in [0.4, 0.5) is 0 Å². The summed E-state index contributed by atoms with van der Waals surface area (Å²) in [5.74, 6) is 0. The molecule has 7 rings (SSSR count). The van der Waals surface area contributed by atoms with Gasteiger partial charge in [0.05, 0.1) is 15.2 Å². The van der Waals surface area contributed by atoms with Crippen molar-refractivity contribution in [1.82, 2.24) is 0 Å². The Morgan fingerprint density at radius 2 is 0.914 bits per heavy atom. The van der Waals surface area contributed by atoms with E-state index in [-0.39, 0.29) is 0 Å². The Bertz CT molecular complexity index is 1700. The summed E-state index contributed by atoms with van der Waals surface area (Å²) in [5.41, 5.74) is 9.80. The molecule has 0 aliphatic heterocycles. The first-order valence-electron chi connectivity index (χ1n) is 11.8. The quantitative estimate of drug-likeness (QED) is 0.268. The van der Waals surface area contributed by atoms with Crippen molar-refractivity contribution in [2.45, 2.75) is 22.1 Å². The fourth-order valence-corrected chi connectivity index (χ4v) is 7.38. The molecule has 1 spiro atoms. The normalized spacial score (nSPS) is 14.3. The number of hydrogen-bond donors (Lipinski definition) is 0. The van der Waals surface area contributed by atoms with Crippen LogP contribution in [0.3, 0.4) is 0 Å². The summed E-state index contributed by atoms with van der Waals surface area (Å²) in [6.45, 7) is 1.96. The molecule has 2 nitrogen and oxygen atoms in total. The topological polar surface area (TPSA) is 34.1 Å². The Balaban J connectivity index is 1.58. The maximum atomic E-state index is 13.7. The molecule has 0 N–H and O–H groups in total. The summed E-state index contributed by atoms with van der Waals surface area (Å²) in [5, 5.41) is 0. The summed E-state index contributed by atoms with van der Waals surface area (Å²) >= 11 is 0. The third-order valence-electron chi connectivity index (χ3n) is 7.61. The van der Waals surface area contributed by atoms with Gasteiger partial charge in [-0.1, -0.05) is 96.6 Å². The van der Waals surface area contributed by atoms with Gasteiger partial charge in [-0.2, -0.15) is 0 Å². The monoisotopic (exact) mass is 470 g/mol. The molecule has 0 atom stereocenters. The van der Waals surface area contributed by atoms with E-state index in [1.165, 1.54) is 27.8 Å². The van der Waals surface area contributed by atoms with Crippen LogP contribution in [0.5, 0.6) is 0 Å². The van der Waals surface area contributed by atoms with E-state index < -0.39 is 15.3 Å². The van der Waals surface area contributed by atoms with E-state index in [0.29, 0.717) is 9.79 Å². The summed E-state index contributed by atoms with van der Waals surface area (Å²) < 4.78 is 27.4. The molecular weight excluding hydrogens is 448 g/mol. The van der Waals surface area contributed by atoms with Gasteiger partial charge in [0.1, 0.15) is 0 Å². The van der Waals surface area contributed by atoms with Crippen molar-refractivity contribution in [3.8, 4) is 22.3 Å². The van der Waals surface area contributed by atoms with Gasteiger partial charge in [0.15, 0.2) is 0 Å². The fourth-order valence-electron chi connectivity index (χ4n) is 6.09. The minimum atomic E-state index is -3.67. The molecule has 0 saturated heterocycles. The van der Waals surface area contributed by atoms with E-state index in [4.69, 9.17) is 0 Å². The lowest BCUT2D eigenvalue weighted by Crippen LogP contribution is -2.26. The van der Waals surface area contributed by atoms with Gasteiger partial charge in [0, 0.05) is 0 Å². The van der Waals surface area contributed by atoms with Crippen LogP contribution >= 0.6 is 0 Å². The first-order valence-corrected chi connectivity index (χ1v) is 13.3. The highest BCUT2D eigenvalue weighted by atomic mass is 32.2. The number of hydrogen-bond acceptors (Lipinski definition) is 2. The minimum absolute atomic E-state index is 0.319. The second-order valence-corrected chi connectivity index (χ2v) is 11.4. The Labute approximate surface area is 205 Å². The van der Waals surface area contributed by atoms with Crippen molar-refractivity contribution in [2.75, 3.05) is 0 Å². The molecule has 5 aromatic carbocycles. The molecule has 168 valence electrons. The molecule has 0 radical (unpaired) electrons. The van der Waals surface area contributed by atoms with Crippen LogP contribution in [-0.4, -0.2) is 8.42 Å². The fraction of sp³-hybridized carbons (Fsp3) is 0.0625. The molecular formula is C32H22O2S. The zero-order valence-electron chi connectivity index (χ0n) is 19.2. The van der Waals surface area contributed by atoms with Gasteiger partial charge in [0.2, 0.25) is 9.84 Å². The van der Waals surface area contributed by atoms with Gasteiger partial charge in [-0.25, -0.2) is 8.42 Å². The third-order valence-corrected chi connectivity index (χ3v) is 9.38. The highest BCUT2D eigenvalue weighted by Gasteiger charge is 2.51. The van der Waals surface area contributed by atoms with Crippen LogP contribution < -0.4 is 0 Å². The molecule has 0 amide bonds. The van der Waals surface area contributed by atoms with E-state index in [1.54, 1.807) is 18.2 Å². The van der Waals surface area contributed by atoms with Gasteiger partial charge < -0.3 is 0 Å². The van der Waals surface area contributed by atoms with Crippen molar-refractivity contribution in [3.63, 3.8) is 0 Å². The van der Waals surface area contributed by atoms with Crippen LogP contribution in [-0.2, 0) is 15.3 Å². The Morgan fingerprint density at radius 1 is 0.486 bits per heavy atom. The predicted molar refractivity (Wildman–Crippen MR) is 139 cm³/mol. The molecule has 5 aromatic rings. The second kappa shape index (κ2) is 7.03.